The zero-order valence-corrected chi connectivity index (χ0v) is 14.7. The molecule has 4 heterocycles. The van der Waals surface area contributed by atoms with Crippen LogP contribution in [0.1, 0.15) is 12.8 Å². The maximum Gasteiger partial charge on any atom is 0.225 e. The third-order valence-electron chi connectivity index (χ3n) is 5.53. The van der Waals surface area contributed by atoms with E-state index in [-0.39, 0.29) is 12.0 Å². The zero-order valence-electron chi connectivity index (χ0n) is 13.9. The summed E-state index contributed by atoms with van der Waals surface area (Å²) in [4.78, 5) is 19.1. The van der Waals surface area contributed by atoms with Gasteiger partial charge in [0, 0.05) is 43.6 Å². The minimum Gasteiger partial charge on any atom is -0.376 e. The van der Waals surface area contributed by atoms with Crippen molar-refractivity contribution in [2.45, 2.75) is 18.9 Å². The Balaban J connectivity index is 1.32. The molecule has 3 fully saturated rings. The van der Waals surface area contributed by atoms with Crippen LogP contribution in [0.3, 0.4) is 0 Å². The van der Waals surface area contributed by atoms with Gasteiger partial charge in [0.25, 0.3) is 0 Å². The second kappa shape index (κ2) is 7.31. The summed E-state index contributed by atoms with van der Waals surface area (Å²) in [7, 11) is 0. The Morgan fingerprint density at radius 3 is 3.00 bits per heavy atom. The first-order valence-electron chi connectivity index (χ1n) is 8.94. The normalized spacial score (nSPS) is 30.3. The molecular formula is C18H25N3O2S. The number of thioether (sulfide) groups is 1. The number of fused-ring (bicyclic) bond motifs is 1. The number of likely N-dealkylation sites (tertiary alicyclic amines) is 1. The molecular weight excluding hydrogens is 322 g/mol. The standard InChI is InChI=1S/C18H25N3O2S/c22-18(13-4-7-24-8-5-13)21-10-15-14(12-23-16(15)11-21)9-20-17-3-1-2-6-19-17/h1-3,6,13-16H,4-5,7-12H2,(H,19,20)/t14-,15+,16+/m0/s1. The number of carbonyl (C=O) groups is 1. The van der Waals surface area contributed by atoms with Crippen molar-refractivity contribution in [1.29, 1.82) is 0 Å². The molecule has 0 saturated carbocycles. The first kappa shape index (κ1) is 16.2. The fraction of sp³-hybridized carbons (Fsp3) is 0.667. The first-order valence-corrected chi connectivity index (χ1v) is 10.1. The van der Waals surface area contributed by atoms with Crippen molar-refractivity contribution in [3.8, 4) is 0 Å². The van der Waals surface area contributed by atoms with Crippen LogP contribution in [-0.4, -0.2) is 59.6 Å². The van der Waals surface area contributed by atoms with Gasteiger partial charge in [-0.3, -0.25) is 4.79 Å². The van der Waals surface area contributed by atoms with Gasteiger partial charge in [0.05, 0.1) is 12.7 Å². The summed E-state index contributed by atoms with van der Waals surface area (Å²) in [5, 5.41) is 3.41. The summed E-state index contributed by atoms with van der Waals surface area (Å²) in [5.41, 5.74) is 0. The molecule has 0 radical (unpaired) electrons. The fourth-order valence-electron chi connectivity index (χ4n) is 4.09. The molecule has 24 heavy (non-hydrogen) atoms. The smallest absolute Gasteiger partial charge is 0.225 e. The van der Waals surface area contributed by atoms with E-state index in [2.05, 4.69) is 15.2 Å². The van der Waals surface area contributed by atoms with Crippen LogP contribution in [0.4, 0.5) is 5.82 Å². The second-order valence-electron chi connectivity index (χ2n) is 7.02. The Morgan fingerprint density at radius 2 is 2.21 bits per heavy atom. The molecule has 3 atom stereocenters. The predicted molar refractivity (Wildman–Crippen MR) is 96.1 cm³/mol. The molecule has 1 aromatic rings. The summed E-state index contributed by atoms with van der Waals surface area (Å²) in [5.74, 6) is 4.69. The number of anilines is 1. The van der Waals surface area contributed by atoms with Crippen molar-refractivity contribution in [1.82, 2.24) is 9.88 Å². The molecule has 130 valence electrons. The second-order valence-corrected chi connectivity index (χ2v) is 8.25. The van der Waals surface area contributed by atoms with Crippen LogP contribution < -0.4 is 5.32 Å². The number of hydrogen-bond donors (Lipinski definition) is 1. The van der Waals surface area contributed by atoms with Crippen LogP contribution >= 0.6 is 11.8 Å². The van der Waals surface area contributed by atoms with Crippen molar-refractivity contribution in [2.24, 2.45) is 17.8 Å². The van der Waals surface area contributed by atoms with E-state index >= 15 is 0 Å². The van der Waals surface area contributed by atoms with Gasteiger partial charge in [-0.1, -0.05) is 6.07 Å². The summed E-state index contributed by atoms with van der Waals surface area (Å²) < 4.78 is 5.99. The molecule has 6 heteroatoms. The third-order valence-corrected chi connectivity index (χ3v) is 6.58. The van der Waals surface area contributed by atoms with Gasteiger partial charge >= 0.3 is 0 Å². The van der Waals surface area contributed by atoms with E-state index in [0.29, 0.717) is 17.7 Å². The number of ether oxygens (including phenoxy) is 1. The van der Waals surface area contributed by atoms with E-state index in [1.165, 1.54) is 0 Å². The maximum absolute atomic E-state index is 12.8. The molecule has 0 aliphatic carbocycles. The molecule has 3 saturated heterocycles. The summed E-state index contributed by atoms with van der Waals surface area (Å²) >= 11 is 1.97. The molecule has 3 aliphatic heterocycles. The van der Waals surface area contributed by atoms with E-state index in [0.717, 1.165) is 56.4 Å². The summed E-state index contributed by atoms with van der Waals surface area (Å²) in [6.07, 6.45) is 4.11. The van der Waals surface area contributed by atoms with E-state index < -0.39 is 0 Å². The van der Waals surface area contributed by atoms with Gasteiger partial charge in [-0.25, -0.2) is 4.98 Å². The average Bonchev–Trinajstić information content (AvgIpc) is 3.22. The van der Waals surface area contributed by atoms with Crippen molar-refractivity contribution < 1.29 is 9.53 Å². The maximum atomic E-state index is 12.8. The highest BCUT2D eigenvalue weighted by molar-refractivity contribution is 7.99. The highest BCUT2D eigenvalue weighted by atomic mass is 32.2. The van der Waals surface area contributed by atoms with E-state index in [4.69, 9.17) is 4.74 Å². The highest BCUT2D eigenvalue weighted by Crippen LogP contribution is 2.35. The lowest BCUT2D eigenvalue weighted by Gasteiger charge is -2.27. The number of rotatable bonds is 4. The quantitative estimate of drug-likeness (QED) is 0.904. The van der Waals surface area contributed by atoms with Gasteiger partial charge in [0.15, 0.2) is 0 Å². The molecule has 1 aromatic heterocycles. The number of nitrogens with zero attached hydrogens (tertiary/aromatic N) is 2. The number of hydrogen-bond acceptors (Lipinski definition) is 5. The Hall–Kier alpha value is -1.27. The zero-order chi connectivity index (χ0) is 16.4. The Bertz CT molecular complexity index is 565. The molecule has 1 N–H and O–H groups in total. The fourth-order valence-corrected chi connectivity index (χ4v) is 5.20. The van der Waals surface area contributed by atoms with Crippen molar-refractivity contribution in [2.75, 3.05) is 43.1 Å². The van der Waals surface area contributed by atoms with Crippen LogP contribution in [0.15, 0.2) is 24.4 Å². The number of nitrogens with one attached hydrogen (secondary N) is 1. The molecule has 4 rings (SSSR count). The van der Waals surface area contributed by atoms with E-state index in [1.807, 2.05) is 30.0 Å². The topological polar surface area (TPSA) is 54.5 Å². The lowest BCUT2D eigenvalue weighted by Crippen LogP contribution is -2.37. The van der Waals surface area contributed by atoms with Gasteiger partial charge < -0.3 is 15.0 Å². The van der Waals surface area contributed by atoms with Gasteiger partial charge in [-0.15, -0.1) is 0 Å². The Morgan fingerprint density at radius 1 is 1.33 bits per heavy atom. The van der Waals surface area contributed by atoms with Gasteiger partial charge in [0.2, 0.25) is 5.91 Å². The average molecular weight is 347 g/mol. The number of aromatic nitrogens is 1. The molecule has 0 unspecified atom stereocenters. The highest BCUT2D eigenvalue weighted by Gasteiger charge is 2.45. The summed E-state index contributed by atoms with van der Waals surface area (Å²) in [6.45, 7) is 3.30. The Kier molecular flexibility index (Phi) is 4.94. The number of pyridine rings is 1. The van der Waals surface area contributed by atoms with Crippen LogP contribution in [0.2, 0.25) is 0 Å². The minimum atomic E-state index is 0.224. The largest absolute Gasteiger partial charge is 0.376 e. The van der Waals surface area contributed by atoms with Crippen molar-refractivity contribution in [3.05, 3.63) is 24.4 Å². The monoisotopic (exact) mass is 347 g/mol. The SMILES string of the molecule is O=C(C1CCSCC1)N1C[C@@H]2[C@@H](CNc3ccccn3)CO[C@@H]2C1. The molecule has 1 amide bonds. The van der Waals surface area contributed by atoms with Crippen molar-refractivity contribution >= 4 is 23.5 Å². The summed E-state index contributed by atoms with van der Waals surface area (Å²) in [6, 6.07) is 5.89. The van der Waals surface area contributed by atoms with Crippen LogP contribution in [-0.2, 0) is 9.53 Å². The molecule has 0 aromatic carbocycles. The van der Waals surface area contributed by atoms with E-state index in [9.17, 15) is 4.79 Å². The lowest BCUT2D eigenvalue weighted by atomic mass is 9.93. The van der Waals surface area contributed by atoms with Gasteiger partial charge in [-0.05, 0) is 36.5 Å². The van der Waals surface area contributed by atoms with Crippen molar-refractivity contribution in [3.63, 3.8) is 0 Å². The first-order chi connectivity index (χ1) is 11.8. The molecule has 0 bridgehead atoms. The predicted octanol–water partition coefficient (Wildman–Crippen LogP) is 2.11. The number of carbonyl (C=O) groups excluding carboxylic acids is 1. The van der Waals surface area contributed by atoms with Gasteiger partial charge in [0.1, 0.15) is 5.82 Å². The Labute approximate surface area is 147 Å². The van der Waals surface area contributed by atoms with E-state index in [1.54, 1.807) is 6.20 Å². The lowest BCUT2D eigenvalue weighted by molar-refractivity contribution is -0.135. The molecule has 0 spiro atoms. The minimum absolute atomic E-state index is 0.224. The molecule has 5 nitrogen and oxygen atoms in total. The number of amides is 1. The third kappa shape index (κ3) is 3.40. The van der Waals surface area contributed by atoms with Gasteiger partial charge in [-0.2, -0.15) is 11.8 Å². The van der Waals surface area contributed by atoms with Crippen LogP contribution in [0.5, 0.6) is 0 Å². The molecule has 3 aliphatic rings. The van der Waals surface area contributed by atoms with Crippen LogP contribution in [0.25, 0.3) is 0 Å². The van der Waals surface area contributed by atoms with Crippen LogP contribution in [0, 0.1) is 17.8 Å².